The van der Waals surface area contributed by atoms with Crippen LogP contribution in [-0.2, 0) is 0 Å². The number of nitrogens with two attached hydrogens (primary N) is 1. The molecule has 2 atom stereocenters. The molecule has 0 unspecified atom stereocenters. The number of anilines is 1. The maximum Gasteiger partial charge on any atom is 0.119 e. The van der Waals surface area contributed by atoms with Gasteiger partial charge in [-0.1, -0.05) is 30.3 Å². The number of benzene rings is 2. The zero-order valence-electron chi connectivity index (χ0n) is 10.3. The molecule has 2 heteroatoms. The number of hydrogen-bond donors (Lipinski definition) is 1. The molecule has 2 N–H and O–H groups in total. The summed E-state index contributed by atoms with van der Waals surface area (Å²) in [5.41, 5.74) is 7.85. The van der Waals surface area contributed by atoms with E-state index < -0.39 is 0 Å². The summed E-state index contributed by atoms with van der Waals surface area (Å²) in [4.78, 5) is 0. The van der Waals surface area contributed by atoms with Crippen molar-refractivity contribution in [3.8, 4) is 5.75 Å². The molecule has 0 spiro atoms. The summed E-state index contributed by atoms with van der Waals surface area (Å²) in [7, 11) is 0. The molecule has 3 rings (SSSR count). The molecule has 0 aliphatic heterocycles. The fourth-order valence-electron chi connectivity index (χ4n) is 2.31. The van der Waals surface area contributed by atoms with Crippen LogP contribution in [0.25, 0.3) is 0 Å². The third-order valence-corrected chi connectivity index (χ3v) is 3.49. The van der Waals surface area contributed by atoms with Crippen molar-refractivity contribution in [2.75, 3.05) is 12.3 Å². The van der Waals surface area contributed by atoms with Gasteiger partial charge in [-0.25, -0.2) is 0 Å². The molecular weight excluding hydrogens is 222 g/mol. The van der Waals surface area contributed by atoms with Gasteiger partial charge >= 0.3 is 0 Å². The molecule has 1 saturated carbocycles. The van der Waals surface area contributed by atoms with Gasteiger partial charge in [0.1, 0.15) is 5.75 Å². The normalized spacial score (nSPS) is 21.6. The monoisotopic (exact) mass is 239 g/mol. The SMILES string of the molecule is Nc1ccc(OC[C@@H]2C[C@H]2c2ccccc2)cc1. The van der Waals surface area contributed by atoms with Gasteiger partial charge in [0.2, 0.25) is 0 Å². The molecule has 0 saturated heterocycles. The minimum Gasteiger partial charge on any atom is -0.493 e. The highest BCUT2D eigenvalue weighted by molar-refractivity contribution is 5.41. The summed E-state index contributed by atoms with van der Waals surface area (Å²) < 4.78 is 5.78. The van der Waals surface area contributed by atoms with Gasteiger partial charge in [-0.2, -0.15) is 0 Å². The van der Waals surface area contributed by atoms with Crippen LogP contribution in [0.15, 0.2) is 54.6 Å². The van der Waals surface area contributed by atoms with Crippen molar-refractivity contribution in [1.82, 2.24) is 0 Å². The molecule has 2 aromatic rings. The minimum atomic E-state index is 0.657. The van der Waals surface area contributed by atoms with Crippen molar-refractivity contribution < 1.29 is 4.74 Å². The third kappa shape index (κ3) is 2.48. The second-order valence-corrected chi connectivity index (χ2v) is 4.89. The van der Waals surface area contributed by atoms with Crippen LogP contribution in [0.5, 0.6) is 5.75 Å². The van der Waals surface area contributed by atoms with E-state index in [1.807, 2.05) is 24.3 Å². The highest BCUT2D eigenvalue weighted by Gasteiger charge is 2.38. The van der Waals surface area contributed by atoms with E-state index in [0.29, 0.717) is 11.8 Å². The van der Waals surface area contributed by atoms with Crippen LogP contribution in [0.3, 0.4) is 0 Å². The first-order valence-corrected chi connectivity index (χ1v) is 6.36. The van der Waals surface area contributed by atoms with Crippen LogP contribution >= 0.6 is 0 Å². The Morgan fingerprint density at radius 3 is 2.44 bits per heavy atom. The second kappa shape index (κ2) is 4.73. The maximum absolute atomic E-state index is 5.78. The van der Waals surface area contributed by atoms with Gasteiger partial charge in [-0.3, -0.25) is 0 Å². The first-order valence-electron chi connectivity index (χ1n) is 6.36. The van der Waals surface area contributed by atoms with E-state index in [0.717, 1.165) is 18.0 Å². The number of nitrogen functional groups attached to an aromatic ring is 1. The van der Waals surface area contributed by atoms with Gasteiger partial charge < -0.3 is 10.5 Å². The van der Waals surface area contributed by atoms with Crippen molar-refractivity contribution in [3.05, 3.63) is 60.2 Å². The Bertz CT molecular complexity index is 506. The Morgan fingerprint density at radius 2 is 1.72 bits per heavy atom. The van der Waals surface area contributed by atoms with E-state index in [-0.39, 0.29) is 0 Å². The first kappa shape index (κ1) is 11.1. The Morgan fingerprint density at radius 1 is 1.00 bits per heavy atom. The van der Waals surface area contributed by atoms with Crippen LogP contribution < -0.4 is 10.5 Å². The van der Waals surface area contributed by atoms with E-state index in [1.54, 1.807) is 0 Å². The Hall–Kier alpha value is -1.96. The van der Waals surface area contributed by atoms with Crippen LogP contribution in [0.1, 0.15) is 17.9 Å². The molecule has 0 radical (unpaired) electrons. The summed E-state index contributed by atoms with van der Waals surface area (Å²) in [6.07, 6.45) is 1.24. The minimum absolute atomic E-state index is 0.657. The molecule has 1 fully saturated rings. The highest BCUT2D eigenvalue weighted by Crippen LogP contribution is 2.47. The summed E-state index contributed by atoms with van der Waals surface area (Å²) in [6, 6.07) is 18.3. The predicted octanol–water partition coefficient (Wildman–Crippen LogP) is 3.45. The van der Waals surface area contributed by atoms with Gasteiger partial charge in [0.25, 0.3) is 0 Å². The van der Waals surface area contributed by atoms with Gasteiger partial charge in [0, 0.05) is 11.6 Å². The van der Waals surface area contributed by atoms with E-state index in [4.69, 9.17) is 10.5 Å². The number of ether oxygens (including phenoxy) is 1. The lowest BCUT2D eigenvalue weighted by Crippen LogP contribution is -2.00. The van der Waals surface area contributed by atoms with Gasteiger partial charge in [-0.05, 0) is 42.2 Å². The average molecular weight is 239 g/mol. The van der Waals surface area contributed by atoms with Crippen molar-refractivity contribution in [1.29, 1.82) is 0 Å². The van der Waals surface area contributed by atoms with Crippen LogP contribution in [0.2, 0.25) is 0 Å². The van der Waals surface area contributed by atoms with Crippen molar-refractivity contribution in [2.24, 2.45) is 5.92 Å². The van der Waals surface area contributed by atoms with E-state index in [1.165, 1.54) is 12.0 Å². The van der Waals surface area contributed by atoms with E-state index in [2.05, 4.69) is 30.3 Å². The fourth-order valence-corrected chi connectivity index (χ4v) is 2.31. The van der Waals surface area contributed by atoms with Gasteiger partial charge in [0.05, 0.1) is 6.61 Å². The maximum atomic E-state index is 5.78. The van der Waals surface area contributed by atoms with Crippen LogP contribution in [-0.4, -0.2) is 6.61 Å². The Labute approximate surface area is 107 Å². The topological polar surface area (TPSA) is 35.2 Å². The predicted molar refractivity (Wildman–Crippen MR) is 73.6 cm³/mol. The van der Waals surface area contributed by atoms with Gasteiger partial charge in [0.15, 0.2) is 0 Å². The largest absolute Gasteiger partial charge is 0.493 e. The average Bonchev–Trinajstić information content (AvgIpc) is 3.19. The zero-order chi connectivity index (χ0) is 12.4. The number of rotatable bonds is 4. The second-order valence-electron chi connectivity index (χ2n) is 4.89. The standard InChI is InChI=1S/C16H17NO/c17-14-6-8-15(9-7-14)18-11-13-10-16(13)12-4-2-1-3-5-12/h1-9,13,16H,10-11,17H2/t13-,16-/m0/s1. The molecular formula is C16H17NO. The lowest BCUT2D eigenvalue weighted by Gasteiger charge is -2.06. The van der Waals surface area contributed by atoms with Crippen LogP contribution in [0.4, 0.5) is 5.69 Å². The smallest absolute Gasteiger partial charge is 0.119 e. The third-order valence-electron chi connectivity index (χ3n) is 3.49. The number of hydrogen-bond acceptors (Lipinski definition) is 2. The highest BCUT2D eigenvalue weighted by atomic mass is 16.5. The van der Waals surface area contributed by atoms with Crippen molar-refractivity contribution in [3.63, 3.8) is 0 Å². The molecule has 0 bridgehead atoms. The summed E-state index contributed by atoms with van der Waals surface area (Å²) in [5.74, 6) is 2.24. The van der Waals surface area contributed by atoms with Crippen molar-refractivity contribution in [2.45, 2.75) is 12.3 Å². The molecule has 92 valence electrons. The molecule has 18 heavy (non-hydrogen) atoms. The fraction of sp³-hybridized carbons (Fsp3) is 0.250. The summed E-state index contributed by atoms with van der Waals surface area (Å²) in [6.45, 7) is 0.795. The summed E-state index contributed by atoms with van der Waals surface area (Å²) >= 11 is 0. The Balaban J connectivity index is 1.53. The Kier molecular flexibility index (Phi) is 2.93. The summed E-state index contributed by atoms with van der Waals surface area (Å²) in [5, 5.41) is 0. The lowest BCUT2D eigenvalue weighted by atomic mass is 10.1. The molecule has 1 aliphatic rings. The lowest BCUT2D eigenvalue weighted by molar-refractivity contribution is 0.297. The first-order chi connectivity index (χ1) is 8.83. The van der Waals surface area contributed by atoms with E-state index in [9.17, 15) is 0 Å². The molecule has 0 amide bonds. The molecule has 2 aromatic carbocycles. The van der Waals surface area contributed by atoms with E-state index >= 15 is 0 Å². The molecule has 2 nitrogen and oxygen atoms in total. The molecule has 1 aliphatic carbocycles. The zero-order valence-corrected chi connectivity index (χ0v) is 10.3. The van der Waals surface area contributed by atoms with Gasteiger partial charge in [-0.15, -0.1) is 0 Å². The molecule has 0 heterocycles. The quantitative estimate of drug-likeness (QED) is 0.829. The van der Waals surface area contributed by atoms with Crippen molar-refractivity contribution >= 4 is 5.69 Å². The van der Waals surface area contributed by atoms with Crippen LogP contribution in [0, 0.1) is 5.92 Å². The molecule has 0 aromatic heterocycles.